The SMILES string of the molecule is CCCCOP(OCCCC)OCCCC.OP(O)F. The maximum Gasteiger partial charge on any atom is 0.369 e. The van der Waals surface area contributed by atoms with Gasteiger partial charge in [-0.3, -0.25) is 0 Å². The lowest BCUT2D eigenvalue weighted by atomic mass is 10.4. The Hall–Kier alpha value is 0.590. The van der Waals surface area contributed by atoms with Crippen LogP contribution in [-0.4, -0.2) is 29.6 Å². The van der Waals surface area contributed by atoms with Gasteiger partial charge in [0.25, 0.3) is 0 Å². The monoisotopic (exact) mass is 334 g/mol. The molecule has 0 fully saturated rings. The zero-order chi connectivity index (χ0) is 15.6. The molecule has 20 heavy (non-hydrogen) atoms. The molecule has 0 rings (SSSR count). The molecular weight excluding hydrogens is 305 g/mol. The van der Waals surface area contributed by atoms with Gasteiger partial charge in [-0.1, -0.05) is 40.0 Å². The van der Waals surface area contributed by atoms with Crippen molar-refractivity contribution in [3.63, 3.8) is 0 Å². The van der Waals surface area contributed by atoms with E-state index in [4.69, 9.17) is 23.4 Å². The zero-order valence-corrected chi connectivity index (χ0v) is 14.5. The van der Waals surface area contributed by atoms with E-state index in [0.717, 1.165) is 58.3 Å². The number of rotatable bonds is 12. The molecular formula is C12H29FO5P2. The van der Waals surface area contributed by atoms with E-state index in [9.17, 15) is 4.20 Å². The van der Waals surface area contributed by atoms with Gasteiger partial charge in [-0.05, 0) is 19.3 Å². The van der Waals surface area contributed by atoms with Gasteiger partial charge in [-0.25, -0.2) is 0 Å². The largest absolute Gasteiger partial charge is 0.369 e. The standard InChI is InChI=1S/C12H27O3P.FH2O2P/c1-4-7-10-13-16(14-11-8-5-2)15-12-9-6-3;1-4(2)3/h4-12H2,1-3H3;2-3H. The Kier molecular flexibility index (Phi) is 22.4. The second-order valence-electron chi connectivity index (χ2n) is 4.02. The average Bonchev–Trinajstić information content (AvgIpc) is 2.38. The molecule has 0 unspecified atom stereocenters. The molecule has 0 heterocycles. The summed E-state index contributed by atoms with van der Waals surface area (Å²) in [5.41, 5.74) is 0. The third-order valence-corrected chi connectivity index (χ3v) is 3.26. The summed E-state index contributed by atoms with van der Waals surface area (Å²) in [7, 11) is -4.22. The van der Waals surface area contributed by atoms with E-state index >= 15 is 0 Å². The van der Waals surface area contributed by atoms with Crippen LogP contribution in [0.15, 0.2) is 0 Å². The molecule has 0 radical (unpaired) electrons. The summed E-state index contributed by atoms with van der Waals surface area (Å²) in [6.07, 6.45) is 6.67. The first kappa shape index (κ1) is 22.9. The van der Waals surface area contributed by atoms with Gasteiger partial charge in [0, 0.05) is 0 Å². The van der Waals surface area contributed by atoms with Gasteiger partial charge in [0.05, 0.1) is 19.8 Å². The van der Waals surface area contributed by atoms with Crippen LogP contribution in [0.25, 0.3) is 0 Å². The smallest absolute Gasteiger partial charge is 0.325 e. The van der Waals surface area contributed by atoms with Crippen molar-refractivity contribution in [2.24, 2.45) is 0 Å². The molecule has 0 aromatic carbocycles. The first-order chi connectivity index (χ1) is 9.58. The number of hydrogen-bond acceptors (Lipinski definition) is 5. The van der Waals surface area contributed by atoms with Crippen molar-refractivity contribution >= 4 is 17.3 Å². The predicted octanol–water partition coefficient (Wildman–Crippen LogP) is 4.83. The second kappa shape index (κ2) is 19.6. The fourth-order valence-corrected chi connectivity index (χ4v) is 2.02. The van der Waals surface area contributed by atoms with Crippen molar-refractivity contribution in [3.05, 3.63) is 0 Å². The van der Waals surface area contributed by atoms with Gasteiger partial charge in [0.15, 0.2) is 0 Å². The first-order valence-corrected chi connectivity index (χ1v) is 9.34. The predicted molar refractivity (Wildman–Crippen MR) is 82.0 cm³/mol. The normalized spacial score (nSPS) is 10.8. The van der Waals surface area contributed by atoms with Crippen molar-refractivity contribution in [2.75, 3.05) is 19.8 Å². The Balaban J connectivity index is 0. The summed E-state index contributed by atoms with van der Waals surface area (Å²) >= 11 is 0. The van der Waals surface area contributed by atoms with Crippen molar-refractivity contribution in [1.82, 2.24) is 0 Å². The van der Waals surface area contributed by atoms with E-state index in [1.807, 2.05) is 0 Å². The third-order valence-electron chi connectivity index (χ3n) is 2.08. The summed E-state index contributed by atoms with van der Waals surface area (Å²) in [5, 5.41) is 0. The van der Waals surface area contributed by atoms with Crippen LogP contribution in [0.5, 0.6) is 0 Å². The molecule has 0 aliphatic rings. The molecule has 0 spiro atoms. The van der Waals surface area contributed by atoms with Crippen LogP contribution in [0.4, 0.5) is 4.20 Å². The van der Waals surface area contributed by atoms with Crippen molar-refractivity contribution in [1.29, 1.82) is 0 Å². The van der Waals surface area contributed by atoms with E-state index in [2.05, 4.69) is 20.8 Å². The van der Waals surface area contributed by atoms with Crippen LogP contribution in [0.1, 0.15) is 59.3 Å². The Morgan fingerprint density at radius 1 is 0.750 bits per heavy atom. The minimum atomic E-state index is -3.12. The molecule has 0 aromatic rings. The second-order valence-corrected chi connectivity index (χ2v) is 5.73. The molecule has 0 aliphatic carbocycles. The highest BCUT2D eigenvalue weighted by Gasteiger charge is 2.11. The average molecular weight is 334 g/mol. The van der Waals surface area contributed by atoms with Crippen LogP contribution in [0.2, 0.25) is 0 Å². The summed E-state index contributed by atoms with van der Waals surface area (Å²) in [6.45, 7) is 8.71. The lowest BCUT2D eigenvalue weighted by molar-refractivity contribution is 0.155. The number of unbranched alkanes of at least 4 members (excludes halogenated alkanes) is 3. The van der Waals surface area contributed by atoms with Crippen molar-refractivity contribution < 1.29 is 27.6 Å². The van der Waals surface area contributed by atoms with Gasteiger partial charge in [0.2, 0.25) is 0 Å². The summed E-state index contributed by atoms with van der Waals surface area (Å²) < 4.78 is 27.0. The highest BCUT2D eigenvalue weighted by atomic mass is 31.2. The fraction of sp³-hybridized carbons (Fsp3) is 1.00. The molecule has 0 aromatic heterocycles. The van der Waals surface area contributed by atoms with Crippen molar-refractivity contribution in [3.8, 4) is 0 Å². The van der Waals surface area contributed by atoms with E-state index in [0.29, 0.717) is 0 Å². The van der Waals surface area contributed by atoms with E-state index in [1.54, 1.807) is 0 Å². The first-order valence-electron chi connectivity index (χ1n) is 7.10. The number of hydrogen-bond donors (Lipinski definition) is 2. The minimum Gasteiger partial charge on any atom is -0.325 e. The molecule has 0 amide bonds. The molecule has 8 heteroatoms. The minimum absolute atomic E-state index is 0.750. The van der Waals surface area contributed by atoms with Crippen molar-refractivity contribution in [2.45, 2.75) is 59.3 Å². The van der Waals surface area contributed by atoms with Crippen LogP contribution >= 0.6 is 17.3 Å². The van der Waals surface area contributed by atoms with Gasteiger partial charge >= 0.3 is 17.3 Å². The maximum absolute atomic E-state index is 10.2. The number of halogens is 1. The highest BCUT2D eigenvalue weighted by molar-refractivity contribution is 7.41. The molecule has 0 atom stereocenters. The molecule has 5 nitrogen and oxygen atoms in total. The summed E-state index contributed by atoms with van der Waals surface area (Å²) in [5.74, 6) is 0. The third kappa shape index (κ3) is 23.7. The van der Waals surface area contributed by atoms with Crippen LogP contribution in [-0.2, 0) is 13.6 Å². The Morgan fingerprint density at radius 2 is 1.00 bits per heavy atom. The van der Waals surface area contributed by atoms with Crippen LogP contribution in [0.3, 0.4) is 0 Å². The zero-order valence-electron chi connectivity index (χ0n) is 12.8. The molecule has 0 bridgehead atoms. The quantitative estimate of drug-likeness (QED) is 0.395. The lowest BCUT2D eigenvalue weighted by Gasteiger charge is -2.16. The molecule has 0 saturated carbocycles. The van der Waals surface area contributed by atoms with Crippen LogP contribution < -0.4 is 0 Å². The Morgan fingerprint density at radius 3 is 1.20 bits per heavy atom. The molecule has 0 aliphatic heterocycles. The van der Waals surface area contributed by atoms with Gasteiger partial charge in [-0.15, -0.1) is 0 Å². The molecule has 0 saturated heterocycles. The molecule has 124 valence electrons. The van der Waals surface area contributed by atoms with Gasteiger partial charge in [-0.2, -0.15) is 4.20 Å². The Bertz CT molecular complexity index is 151. The van der Waals surface area contributed by atoms with Gasteiger partial charge in [0.1, 0.15) is 0 Å². The van der Waals surface area contributed by atoms with Crippen LogP contribution in [0, 0.1) is 0 Å². The molecule has 2 N–H and O–H groups in total. The van der Waals surface area contributed by atoms with E-state index in [-0.39, 0.29) is 0 Å². The van der Waals surface area contributed by atoms with E-state index < -0.39 is 17.3 Å². The Labute approximate surface area is 124 Å². The topological polar surface area (TPSA) is 68.2 Å². The maximum atomic E-state index is 10.2. The lowest BCUT2D eigenvalue weighted by Crippen LogP contribution is -1.99. The summed E-state index contributed by atoms with van der Waals surface area (Å²) in [4.78, 5) is 14.0. The van der Waals surface area contributed by atoms with Gasteiger partial charge < -0.3 is 23.4 Å². The highest BCUT2D eigenvalue weighted by Crippen LogP contribution is 2.40. The summed E-state index contributed by atoms with van der Waals surface area (Å²) in [6, 6.07) is 0. The van der Waals surface area contributed by atoms with E-state index in [1.165, 1.54) is 0 Å². The fourth-order valence-electron chi connectivity index (χ4n) is 0.962.